The molecule has 0 aliphatic heterocycles. The summed E-state index contributed by atoms with van der Waals surface area (Å²) in [6.07, 6.45) is 2.69. The molecule has 94 valence electrons. The Bertz CT molecular complexity index is 237. The summed E-state index contributed by atoms with van der Waals surface area (Å²) in [6.45, 7) is 5.30. The average Bonchev–Trinajstić information content (AvgIpc) is 2.21. The molecular formula is C12H24N2O2. The lowest BCUT2D eigenvalue weighted by molar-refractivity contribution is -0.138. The van der Waals surface area contributed by atoms with Crippen LogP contribution in [0.4, 0.5) is 0 Å². The van der Waals surface area contributed by atoms with Crippen molar-refractivity contribution in [2.75, 3.05) is 20.3 Å². The van der Waals surface area contributed by atoms with Gasteiger partial charge in [0.2, 0.25) is 5.91 Å². The van der Waals surface area contributed by atoms with Crippen LogP contribution in [0.2, 0.25) is 0 Å². The van der Waals surface area contributed by atoms with Crippen molar-refractivity contribution < 1.29 is 9.53 Å². The van der Waals surface area contributed by atoms with E-state index in [2.05, 4.69) is 12.2 Å². The van der Waals surface area contributed by atoms with E-state index in [0.717, 1.165) is 19.3 Å². The topological polar surface area (TPSA) is 64.3 Å². The highest BCUT2D eigenvalue weighted by Gasteiger charge is 2.47. The van der Waals surface area contributed by atoms with Gasteiger partial charge in [0.05, 0.1) is 5.41 Å². The minimum Gasteiger partial charge on any atom is -0.385 e. The largest absolute Gasteiger partial charge is 0.385 e. The van der Waals surface area contributed by atoms with Crippen LogP contribution in [0.5, 0.6) is 0 Å². The van der Waals surface area contributed by atoms with Gasteiger partial charge in [-0.2, -0.15) is 0 Å². The van der Waals surface area contributed by atoms with E-state index in [1.54, 1.807) is 7.11 Å². The Balaban J connectivity index is 2.39. The summed E-state index contributed by atoms with van der Waals surface area (Å²) in [7, 11) is 1.67. The van der Waals surface area contributed by atoms with Crippen LogP contribution in [0.25, 0.3) is 0 Å². The summed E-state index contributed by atoms with van der Waals surface area (Å²) in [4.78, 5) is 12.1. The monoisotopic (exact) mass is 228 g/mol. The van der Waals surface area contributed by atoms with Crippen LogP contribution in [-0.2, 0) is 9.53 Å². The van der Waals surface area contributed by atoms with E-state index in [4.69, 9.17) is 10.5 Å². The predicted octanol–water partition coefficient (Wildman–Crippen LogP) is 0.903. The normalized spacial score (nSPS) is 30.6. The molecule has 1 saturated carbocycles. The highest BCUT2D eigenvalue weighted by molar-refractivity contribution is 5.84. The molecule has 1 atom stereocenters. The lowest BCUT2D eigenvalue weighted by Crippen LogP contribution is -2.55. The molecule has 0 radical (unpaired) electrons. The zero-order valence-electron chi connectivity index (χ0n) is 10.6. The van der Waals surface area contributed by atoms with Gasteiger partial charge in [-0.25, -0.2) is 0 Å². The standard InChI is InChI=1S/C12H24N2O2/c1-9-6-12(7-9,8-13)11(15)14-10(2)4-5-16-3/h9-10H,4-8,13H2,1-3H3,(H,14,15). The number of hydrogen-bond acceptors (Lipinski definition) is 3. The Kier molecular flexibility index (Phi) is 4.74. The molecule has 0 spiro atoms. The van der Waals surface area contributed by atoms with E-state index in [1.165, 1.54) is 0 Å². The molecule has 1 amide bonds. The minimum atomic E-state index is -0.291. The Morgan fingerprint density at radius 2 is 2.25 bits per heavy atom. The molecular weight excluding hydrogens is 204 g/mol. The Morgan fingerprint density at radius 1 is 1.62 bits per heavy atom. The predicted molar refractivity (Wildman–Crippen MR) is 64.0 cm³/mol. The summed E-state index contributed by atoms with van der Waals surface area (Å²) in [5.41, 5.74) is 5.43. The molecule has 0 aromatic rings. The van der Waals surface area contributed by atoms with Gasteiger partial charge in [-0.1, -0.05) is 6.92 Å². The molecule has 0 heterocycles. The first-order valence-electron chi connectivity index (χ1n) is 6.04. The zero-order chi connectivity index (χ0) is 12.2. The van der Waals surface area contributed by atoms with Crippen LogP contribution in [0.15, 0.2) is 0 Å². The lowest BCUT2D eigenvalue weighted by Gasteiger charge is -2.44. The van der Waals surface area contributed by atoms with Crippen molar-refractivity contribution in [3.05, 3.63) is 0 Å². The molecule has 1 aliphatic carbocycles. The van der Waals surface area contributed by atoms with Crippen LogP contribution >= 0.6 is 0 Å². The van der Waals surface area contributed by atoms with Crippen molar-refractivity contribution in [2.45, 2.75) is 39.2 Å². The molecule has 0 saturated heterocycles. The SMILES string of the molecule is COCCC(C)NC(=O)C1(CN)CC(C)C1. The molecule has 1 rings (SSSR count). The fourth-order valence-corrected chi connectivity index (χ4v) is 2.46. The number of ether oxygens (including phenoxy) is 1. The second-order valence-electron chi connectivity index (χ2n) is 5.15. The maximum atomic E-state index is 12.1. The van der Waals surface area contributed by atoms with Crippen molar-refractivity contribution in [1.29, 1.82) is 0 Å². The summed E-state index contributed by atoms with van der Waals surface area (Å²) >= 11 is 0. The van der Waals surface area contributed by atoms with E-state index >= 15 is 0 Å². The molecule has 0 bridgehead atoms. The number of nitrogens with one attached hydrogen (secondary N) is 1. The Hall–Kier alpha value is -0.610. The smallest absolute Gasteiger partial charge is 0.227 e. The van der Waals surface area contributed by atoms with Crippen molar-refractivity contribution in [1.82, 2.24) is 5.32 Å². The second kappa shape index (κ2) is 5.64. The van der Waals surface area contributed by atoms with Crippen LogP contribution in [0.3, 0.4) is 0 Å². The van der Waals surface area contributed by atoms with Gasteiger partial charge in [0.25, 0.3) is 0 Å². The van der Waals surface area contributed by atoms with Crippen molar-refractivity contribution >= 4 is 5.91 Å². The lowest BCUT2D eigenvalue weighted by atomic mass is 9.62. The fraction of sp³-hybridized carbons (Fsp3) is 0.917. The molecule has 3 N–H and O–H groups in total. The number of methoxy groups -OCH3 is 1. The van der Waals surface area contributed by atoms with Gasteiger partial charge in [0, 0.05) is 26.3 Å². The van der Waals surface area contributed by atoms with Crippen molar-refractivity contribution in [3.8, 4) is 0 Å². The first-order chi connectivity index (χ1) is 7.54. The van der Waals surface area contributed by atoms with Crippen molar-refractivity contribution in [2.24, 2.45) is 17.1 Å². The third-order valence-corrected chi connectivity index (χ3v) is 3.48. The number of carbonyl (C=O) groups is 1. The molecule has 4 heteroatoms. The Morgan fingerprint density at radius 3 is 2.69 bits per heavy atom. The quantitative estimate of drug-likeness (QED) is 0.710. The maximum Gasteiger partial charge on any atom is 0.227 e. The van der Waals surface area contributed by atoms with Crippen LogP contribution in [0.1, 0.15) is 33.1 Å². The van der Waals surface area contributed by atoms with Gasteiger partial charge >= 0.3 is 0 Å². The zero-order valence-corrected chi connectivity index (χ0v) is 10.6. The third-order valence-electron chi connectivity index (χ3n) is 3.48. The third kappa shape index (κ3) is 2.95. The number of nitrogens with two attached hydrogens (primary N) is 1. The molecule has 4 nitrogen and oxygen atoms in total. The molecule has 1 aliphatic rings. The maximum absolute atomic E-state index is 12.1. The van der Waals surface area contributed by atoms with Gasteiger partial charge in [0.1, 0.15) is 0 Å². The number of carbonyl (C=O) groups excluding carboxylic acids is 1. The first-order valence-corrected chi connectivity index (χ1v) is 6.04. The van der Waals surface area contributed by atoms with E-state index in [-0.39, 0.29) is 17.4 Å². The highest BCUT2D eigenvalue weighted by Crippen LogP contribution is 2.44. The van der Waals surface area contributed by atoms with Gasteiger partial charge in [0.15, 0.2) is 0 Å². The molecule has 16 heavy (non-hydrogen) atoms. The van der Waals surface area contributed by atoms with E-state index in [1.807, 2.05) is 6.92 Å². The Labute approximate surface area is 97.9 Å². The number of amides is 1. The number of rotatable bonds is 6. The highest BCUT2D eigenvalue weighted by atomic mass is 16.5. The van der Waals surface area contributed by atoms with Crippen LogP contribution < -0.4 is 11.1 Å². The average molecular weight is 228 g/mol. The molecule has 1 fully saturated rings. The summed E-state index contributed by atoms with van der Waals surface area (Å²) in [5, 5.41) is 3.03. The van der Waals surface area contributed by atoms with Gasteiger partial charge in [-0.3, -0.25) is 4.79 Å². The van der Waals surface area contributed by atoms with Crippen LogP contribution in [-0.4, -0.2) is 32.2 Å². The van der Waals surface area contributed by atoms with E-state index in [0.29, 0.717) is 19.1 Å². The van der Waals surface area contributed by atoms with Crippen LogP contribution in [0, 0.1) is 11.3 Å². The van der Waals surface area contributed by atoms with E-state index in [9.17, 15) is 4.79 Å². The van der Waals surface area contributed by atoms with Gasteiger partial charge < -0.3 is 15.8 Å². The number of hydrogen-bond donors (Lipinski definition) is 2. The van der Waals surface area contributed by atoms with Crippen molar-refractivity contribution in [3.63, 3.8) is 0 Å². The summed E-state index contributed by atoms with van der Waals surface area (Å²) in [6, 6.07) is 0.159. The summed E-state index contributed by atoms with van der Waals surface area (Å²) < 4.78 is 4.99. The molecule has 0 aromatic carbocycles. The first kappa shape index (κ1) is 13.5. The van der Waals surface area contributed by atoms with Gasteiger partial charge in [-0.15, -0.1) is 0 Å². The van der Waals surface area contributed by atoms with E-state index < -0.39 is 0 Å². The molecule has 1 unspecified atom stereocenters. The fourth-order valence-electron chi connectivity index (χ4n) is 2.46. The molecule has 0 aromatic heterocycles. The minimum absolute atomic E-state index is 0.122. The summed E-state index contributed by atoms with van der Waals surface area (Å²) in [5.74, 6) is 0.750. The van der Waals surface area contributed by atoms with Gasteiger partial charge in [-0.05, 0) is 32.1 Å². The second-order valence-corrected chi connectivity index (χ2v) is 5.15.